The number of benzene rings is 2. The first kappa shape index (κ1) is 20.9. The fourth-order valence-electron chi connectivity index (χ4n) is 3.67. The Kier molecular flexibility index (Phi) is 6.93. The number of methoxy groups -OCH3 is 1. The summed E-state index contributed by atoms with van der Waals surface area (Å²) >= 11 is 0. The molecule has 2 aromatic carbocycles. The van der Waals surface area contributed by atoms with Gasteiger partial charge in [-0.1, -0.05) is 30.3 Å². The van der Waals surface area contributed by atoms with E-state index in [9.17, 15) is 18.4 Å². The van der Waals surface area contributed by atoms with Gasteiger partial charge in [-0.3, -0.25) is 9.59 Å². The normalized spacial score (nSPS) is 19.1. The molecular weight excluding hydrogens is 378 g/mol. The van der Waals surface area contributed by atoms with Crippen LogP contribution in [0.3, 0.4) is 0 Å². The number of halogens is 2. The highest BCUT2D eigenvalue weighted by Gasteiger charge is 2.35. The van der Waals surface area contributed by atoms with Gasteiger partial charge in [-0.25, -0.2) is 8.78 Å². The van der Waals surface area contributed by atoms with Crippen LogP contribution in [0.5, 0.6) is 0 Å². The van der Waals surface area contributed by atoms with Crippen LogP contribution in [0.25, 0.3) is 0 Å². The van der Waals surface area contributed by atoms with E-state index in [2.05, 4.69) is 5.32 Å². The number of hydrogen-bond acceptors (Lipinski definition) is 3. The van der Waals surface area contributed by atoms with Crippen LogP contribution in [0.4, 0.5) is 8.78 Å². The highest BCUT2D eigenvalue weighted by Crippen LogP contribution is 2.33. The quantitative estimate of drug-likeness (QED) is 0.807. The number of carbonyl (C=O) groups is 2. The molecule has 0 spiro atoms. The zero-order valence-electron chi connectivity index (χ0n) is 16.2. The van der Waals surface area contributed by atoms with Crippen molar-refractivity contribution in [2.75, 3.05) is 20.3 Å². The molecule has 0 saturated carbocycles. The van der Waals surface area contributed by atoms with E-state index in [1.165, 1.54) is 25.3 Å². The highest BCUT2D eigenvalue weighted by molar-refractivity contribution is 5.82. The van der Waals surface area contributed by atoms with Gasteiger partial charge in [0.1, 0.15) is 18.2 Å². The molecule has 1 heterocycles. The molecule has 1 fully saturated rings. The van der Waals surface area contributed by atoms with Crippen LogP contribution in [0.2, 0.25) is 0 Å². The van der Waals surface area contributed by atoms with Crippen molar-refractivity contribution in [1.82, 2.24) is 10.2 Å². The van der Waals surface area contributed by atoms with Gasteiger partial charge < -0.3 is 15.0 Å². The lowest BCUT2D eigenvalue weighted by atomic mass is 9.88. The Hall–Kier alpha value is -2.80. The average molecular weight is 402 g/mol. The summed E-state index contributed by atoms with van der Waals surface area (Å²) in [6.45, 7) is 0.226. The number of carbonyl (C=O) groups excluding carboxylic acids is 2. The third kappa shape index (κ3) is 5.17. The first-order chi connectivity index (χ1) is 14.0. The van der Waals surface area contributed by atoms with Gasteiger partial charge in [0.05, 0.1) is 12.0 Å². The zero-order chi connectivity index (χ0) is 20.8. The first-order valence-corrected chi connectivity index (χ1v) is 9.54. The van der Waals surface area contributed by atoms with Crippen LogP contribution in [0.1, 0.15) is 30.0 Å². The Morgan fingerprint density at radius 2 is 1.83 bits per heavy atom. The predicted octanol–water partition coefficient (Wildman–Crippen LogP) is 3.21. The van der Waals surface area contributed by atoms with Gasteiger partial charge >= 0.3 is 0 Å². The van der Waals surface area contributed by atoms with Crippen molar-refractivity contribution in [2.24, 2.45) is 5.92 Å². The molecule has 2 amide bonds. The molecule has 7 heteroatoms. The van der Waals surface area contributed by atoms with Crippen LogP contribution in [0.15, 0.2) is 48.5 Å². The van der Waals surface area contributed by atoms with Gasteiger partial charge in [-0.05, 0) is 36.6 Å². The Labute approximate surface area is 168 Å². The fourth-order valence-corrected chi connectivity index (χ4v) is 3.67. The van der Waals surface area contributed by atoms with Crippen molar-refractivity contribution < 1.29 is 23.1 Å². The molecule has 0 aromatic heterocycles. The molecule has 29 heavy (non-hydrogen) atoms. The molecule has 2 aromatic rings. The summed E-state index contributed by atoms with van der Waals surface area (Å²) in [4.78, 5) is 26.8. The van der Waals surface area contributed by atoms with E-state index in [4.69, 9.17) is 4.74 Å². The van der Waals surface area contributed by atoms with Gasteiger partial charge in [0.2, 0.25) is 11.8 Å². The average Bonchev–Trinajstić information content (AvgIpc) is 2.73. The predicted molar refractivity (Wildman–Crippen MR) is 104 cm³/mol. The lowest BCUT2D eigenvalue weighted by Crippen LogP contribution is -2.47. The molecule has 2 unspecified atom stereocenters. The molecular formula is C22H24F2N2O3. The zero-order valence-corrected chi connectivity index (χ0v) is 16.2. The van der Waals surface area contributed by atoms with E-state index in [0.717, 1.165) is 5.56 Å². The van der Waals surface area contributed by atoms with Crippen molar-refractivity contribution in [3.05, 3.63) is 71.3 Å². The minimum Gasteiger partial charge on any atom is -0.375 e. The third-order valence-electron chi connectivity index (χ3n) is 5.21. The molecule has 0 aliphatic carbocycles. The monoisotopic (exact) mass is 402 g/mol. The van der Waals surface area contributed by atoms with Crippen LogP contribution in [0, 0.1) is 17.6 Å². The largest absolute Gasteiger partial charge is 0.375 e. The molecule has 154 valence electrons. The summed E-state index contributed by atoms with van der Waals surface area (Å²) in [5.74, 6) is -1.57. The molecule has 1 aliphatic heterocycles. The van der Waals surface area contributed by atoms with E-state index in [1.807, 2.05) is 0 Å². The molecule has 1 aliphatic rings. The number of piperidine rings is 1. The highest BCUT2D eigenvalue weighted by atomic mass is 19.1. The van der Waals surface area contributed by atoms with Crippen molar-refractivity contribution in [2.45, 2.75) is 25.4 Å². The van der Waals surface area contributed by atoms with Gasteiger partial charge in [-0.15, -0.1) is 0 Å². The Balaban J connectivity index is 1.69. The molecule has 5 nitrogen and oxygen atoms in total. The van der Waals surface area contributed by atoms with Crippen LogP contribution < -0.4 is 5.32 Å². The summed E-state index contributed by atoms with van der Waals surface area (Å²) in [5.41, 5.74) is 1.23. The molecule has 2 atom stereocenters. The summed E-state index contributed by atoms with van der Waals surface area (Å²) in [6, 6.07) is 12.1. The number of ether oxygens (including phenoxy) is 1. The van der Waals surface area contributed by atoms with Gasteiger partial charge in [0.25, 0.3) is 0 Å². The van der Waals surface area contributed by atoms with Gasteiger partial charge in [0.15, 0.2) is 0 Å². The second-order valence-electron chi connectivity index (χ2n) is 7.13. The van der Waals surface area contributed by atoms with Crippen LogP contribution >= 0.6 is 0 Å². The second-order valence-corrected chi connectivity index (χ2v) is 7.13. The first-order valence-electron chi connectivity index (χ1n) is 9.54. The minimum atomic E-state index is -0.403. The summed E-state index contributed by atoms with van der Waals surface area (Å²) in [5, 5.41) is 2.77. The van der Waals surface area contributed by atoms with Gasteiger partial charge in [0, 0.05) is 25.8 Å². The second kappa shape index (κ2) is 9.60. The summed E-state index contributed by atoms with van der Waals surface area (Å²) in [7, 11) is 1.44. The van der Waals surface area contributed by atoms with E-state index < -0.39 is 5.92 Å². The number of rotatable bonds is 6. The van der Waals surface area contributed by atoms with Crippen LogP contribution in [-0.4, -0.2) is 37.0 Å². The Morgan fingerprint density at radius 3 is 2.52 bits per heavy atom. The van der Waals surface area contributed by atoms with E-state index in [-0.39, 0.29) is 49.2 Å². The molecule has 1 N–H and O–H groups in total. The van der Waals surface area contributed by atoms with E-state index in [0.29, 0.717) is 18.4 Å². The number of nitrogens with one attached hydrogen (secondary N) is 1. The van der Waals surface area contributed by atoms with Crippen molar-refractivity contribution in [3.63, 3.8) is 0 Å². The molecule has 0 radical (unpaired) electrons. The number of hydrogen-bond donors (Lipinski definition) is 1. The fraction of sp³-hybridized carbons (Fsp3) is 0.364. The Morgan fingerprint density at radius 1 is 1.10 bits per heavy atom. The number of nitrogens with zero attached hydrogens (tertiary/aromatic N) is 1. The maximum atomic E-state index is 13.8. The topological polar surface area (TPSA) is 58.6 Å². The lowest BCUT2D eigenvalue weighted by Gasteiger charge is -2.39. The molecule has 0 bridgehead atoms. The standard InChI is InChI=1S/C22H24F2N2O3/c1-29-14-21(27)26-13-17(8-11-20(26)15-6-9-18(23)10-7-15)22(28)25-12-16-4-2-3-5-19(16)24/h2-7,9-10,17,20H,8,11-14H2,1H3,(H,25,28). The molecule has 1 saturated heterocycles. The third-order valence-corrected chi connectivity index (χ3v) is 5.21. The van der Waals surface area contributed by atoms with Crippen LogP contribution in [-0.2, 0) is 20.9 Å². The maximum Gasteiger partial charge on any atom is 0.249 e. The van der Waals surface area contributed by atoms with E-state index >= 15 is 0 Å². The van der Waals surface area contributed by atoms with Gasteiger partial charge in [-0.2, -0.15) is 0 Å². The SMILES string of the molecule is COCC(=O)N1CC(C(=O)NCc2ccccc2F)CCC1c1ccc(F)cc1. The number of amides is 2. The smallest absolute Gasteiger partial charge is 0.249 e. The van der Waals surface area contributed by atoms with Crippen molar-refractivity contribution >= 4 is 11.8 Å². The summed E-state index contributed by atoms with van der Waals surface area (Å²) < 4.78 is 32.0. The van der Waals surface area contributed by atoms with Crippen molar-refractivity contribution in [1.29, 1.82) is 0 Å². The summed E-state index contributed by atoms with van der Waals surface area (Å²) in [6.07, 6.45) is 1.14. The maximum absolute atomic E-state index is 13.8. The minimum absolute atomic E-state index is 0.0927. The molecule has 3 rings (SSSR count). The Bertz CT molecular complexity index is 857. The lowest BCUT2D eigenvalue weighted by molar-refractivity contribution is -0.142. The van der Waals surface area contributed by atoms with Crippen molar-refractivity contribution in [3.8, 4) is 0 Å². The number of likely N-dealkylation sites (tertiary alicyclic amines) is 1. The van der Waals surface area contributed by atoms with E-state index in [1.54, 1.807) is 35.2 Å².